The molecule has 10 aromatic carbocycles. The van der Waals surface area contributed by atoms with Crippen LogP contribution in [0.1, 0.15) is 51.3 Å². The van der Waals surface area contributed by atoms with E-state index in [0.717, 1.165) is 0 Å². The van der Waals surface area contributed by atoms with Gasteiger partial charge in [-0.05, 0) is 238 Å². The lowest BCUT2D eigenvalue weighted by molar-refractivity contribution is 0.103. The summed E-state index contributed by atoms with van der Waals surface area (Å²) in [4.78, 5) is 26.1. The number of carbonyl (C=O) groups is 2. The standard InChI is InChI=1S/C65H44Cl4O12S3/c1-65(2,43-7-25-53(26-8-43)82(72,73)54-27-15-48(16-28-54)78-46-11-3-41(4-12-46)63(70)59-39-44(66)9-37-61(59)68)81-52-23-35-58(36-24-52)84(76,77)57-33-21-51(22-34-57)80-50-19-31-56(32-20-50)83(74,75)55-29-17-49(18-30-55)79-47-13-5-42(6-14-47)64(71)60-40-45(67)10-38-62(60)69/h3-40H,1-2H3. The Morgan fingerprint density at radius 1 is 0.321 bits per heavy atom. The van der Waals surface area contributed by atoms with E-state index in [1.807, 2.05) is 0 Å². The van der Waals surface area contributed by atoms with Gasteiger partial charge in [-0.1, -0.05) is 58.5 Å². The van der Waals surface area contributed by atoms with Crippen LogP contribution in [0.4, 0.5) is 0 Å². The summed E-state index contributed by atoms with van der Waals surface area (Å²) in [5, 5.41) is 1.32. The number of benzene rings is 10. The highest BCUT2D eigenvalue weighted by atomic mass is 35.5. The molecule has 84 heavy (non-hydrogen) atoms. The number of carbonyl (C=O) groups excluding carboxylic acids is 2. The number of ether oxygens (including phenoxy) is 4. The van der Waals surface area contributed by atoms with Gasteiger partial charge in [0.05, 0.1) is 39.4 Å². The maximum Gasteiger partial charge on any atom is 0.206 e. The topological polar surface area (TPSA) is 173 Å². The van der Waals surface area contributed by atoms with Crippen molar-refractivity contribution in [3.63, 3.8) is 0 Å². The molecule has 0 unspecified atom stereocenters. The number of halogens is 4. The molecule has 0 atom stereocenters. The van der Waals surface area contributed by atoms with Gasteiger partial charge in [0.1, 0.15) is 45.8 Å². The Morgan fingerprint density at radius 2 is 0.560 bits per heavy atom. The molecular weight excluding hydrogens is 1210 g/mol. The van der Waals surface area contributed by atoms with Gasteiger partial charge in [-0.3, -0.25) is 9.59 Å². The van der Waals surface area contributed by atoms with Crippen molar-refractivity contribution in [1.29, 1.82) is 0 Å². The molecule has 0 spiro atoms. The van der Waals surface area contributed by atoms with Gasteiger partial charge in [0.2, 0.25) is 29.5 Å². The Labute approximate surface area is 505 Å². The molecule has 0 aliphatic heterocycles. The van der Waals surface area contributed by atoms with Crippen LogP contribution in [0.15, 0.2) is 260 Å². The molecular formula is C65H44Cl4O12S3. The number of ketones is 2. The van der Waals surface area contributed by atoms with Crippen molar-refractivity contribution in [2.45, 2.75) is 48.8 Å². The third kappa shape index (κ3) is 13.1. The molecule has 0 aromatic heterocycles. The molecule has 10 rings (SSSR count). The van der Waals surface area contributed by atoms with Gasteiger partial charge in [-0.15, -0.1) is 0 Å². The number of rotatable bonds is 19. The maximum atomic E-state index is 13.7. The second kappa shape index (κ2) is 24.2. The van der Waals surface area contributed by atoms with Gasteiger partial charge >= 0.3 is 0 Å². The first-order valence-electron chi connectivity index (χ1n) is 25.3. The third-order valence-corrected chi connectivity index (χ3v) is 19.7. The lowest BCUT2D eigenvalue weighted by Crippen LogP contribution is -2.25. The van der Waals surface area contributed by atoms with E-state index < -0.39 is 35.1 Å². The van der Waals surface area contributed by atoms with Crippen LogP contribution in [0.2, 0.25) is 20.1 Å². The van der Waals surface area contributed by atoms with Crippen molar-refractivity contribution in [3.8, 4) is 40.2 Å². The summed E-state index contributed by atoms with van der Waals surface area (Å²) in [6.07, 6.45) is 0. The lowest BCUT2D eigenvalue weighted by atomic mass is 9.98. The minimum Gasteiger partial charge on any atom is -0.483 e. The number of sulfone groups is 3. The fraction of sp³-hybridized carbons (Fsp3) is 0.0462. The van der Waals surface area contributed by atoms with E-state index in [4.69, 9.17) is 65.4 Å². The molecule has 0 saturated heterocycles. The predicted octanol–water partition coefficient (Wildman–Crippen LogP) is 17.0. The van der Waals surface area contributed by atoms with E-state index in [-0.39, 0.29) is 62.1 Å². The summed E-state index contributed by atoms with van der Waals surface area (Å²) in [7, 11) is -11.9. The summed E-state index contributed by atoms with van der Waals surface area (Å²) in [6.45, 7) is 3.60. The SMILES string of the molecule is CC(C)(Oc1ccc(S(=O)(=O)c2ccc(Oc3ccc(S(=O)(=O)c4ccc(Oc5ccc(C(=O)c6cc(Cl)ccc6Cl)cc5)cc4)cc3)cc2)cc1)c1ccc(S(=O)(=O)c2ccc(Oc3ccc(C(=O)c4cc(Cl)ccc4Cl)cc3)cc2)cc1. The fourth-order valence-electron chi connectivity index (χ4n) is 8.64. The molecule has 0 saturated carbocycles. The van der Waals surface area contributed by atoms with Gasteiger partial charge in [0.25, 0.3) is 0 Å². The normalized spacial score (nSPS) is 11.8. The molecule has 0 heterocycles. The van der Waals surface area contributed by atoms with Crippen LogP contribution in [0.3, 0.4) is 0 Å². The minimum atomic E-state index is -3.98. The highest BCUT2D eigenvalue weighted by Crippen LogP contribution is 2.35. The van der Waals surface area contributed by atoms with Crippen LogP contribution in [0.25, 0.3) is 0 Å². The van der Waals surface area contributed by atoms with Crippen LogP contribution in [0, 0.1) is 0 Å². The van der Waals surface area contributed by atoms with E-state index in [2.05, 4.69) is 0 Å². The first-order valence-corrected chi connectivity index (χ1v) is 31.3. The van der Waals surface area contributed by atoms with Gasteiger partial charge in [0.15, 0.2) is 11.6 Å². The van der Waals surface area contributed by atoms with Crippen molar-refractivity contribution >= 4 is 87.5 Å². The van der Waals surface area contributed by atoms with Crippen LogP contribution in [-0.4, -0.2) is 36.8 Å². The second-order valence-electron chi connectivity index (χ2n) is 19.3. The number of hydrogen-bond donors (Lipinski definition) is 0. The minimum absolute atomic E-state index is 0.00454. The zero-order valence-corrected chi connectivity index (χ0v) is 49.5. The largest absolute Gasteiger partial charge is 0.483 e. The van der Waals surface area contributed by atoms with E-state index >= 15 is 0 Å². The zero-order valence-electron chi connectivity index (χ0n) is 44.1. The van der Waals surface area contributed by atoms with E-state index in [0.29, 0.717) is 67.0 Å². The third-order valence-electron chi connectivity index (χ3n) is 13.2. The van der Waals surface area contributed by atoms with Gasteiger partial charge in [-0.25, -0.2) is 25.3 Å². The van der Waals surface area contributed by atoms with Crippen molar-refractivity contribution in [3.05, 3.63) is 278 Å². The molecule has 0 radical (unpaired) electrons. The molecule has 19 heteroatoms. The van der Waals surface area contributed by atoms with Crippen molar-refractivity contribution in [2.24, 2.45) is 0 Å². The predicted molar refractivity (Wildman–Crippen MR) is 322 cm³/mol. The zero-order chi connectivity index (χ0) is 59.6. The summed E-state index contributed by atoms with van der Waals surface area (Å²) in [5.74, 6) is 1.96. The Balaban J connectivity index is 0.707. The number of hydrogen-bond acceptors (Lipinski definition) is 12. The lowest BCUT2D eigenvalue weighted by Gasteiger charge is -2.27. The van der Waals surface area contributed by atoms with E-state index in [1.165, 1.54) is 146 Å². The Bertz CT molecular complexity index is 4450. The molecule has 422 valence electrons. The molecule has 0 fully saturated rings. The summed E-state index contributed by atoms with van der Waals surface area (Å²) >= 11 is 24.5. The Hall–Kier alpha value is -8.25. The smallest absolute Gasteiger partial charge is 0.206 e. The average Bonchev–Trinajstić information content (AvgIpc) is 3.13. The van der Waals surface area contributed by atoms with Crippen LogP contribution in [-0.2, 0) is 35.1 Å². The molecule has 10 aromatic rings. The molecule has 0 bridgehead atoms. The fourth-order valence-corrected chi connectivity index (χ4v) is 13.2. The summed E-state index contributed by atoms with van der Waals surface area (Å²) in [6, 6.07) is 57.8. The summed E-state index contributed by atoms with van der Waals surface area (Å²) in [5.41, 5.74) is 0.985. The molecule has 0 aliphatic rings. The van der Waals surface area contributed by atoms with Crippen LogP contribution < -0.4 is 18.9 Å². The first kappa shape index (κ1) is 58.9. The van der Waals surface area contributed by atoms with Crippen molar-refractivity contribution in [1.82, 2.24) is 0 Å². The molecule has 0 amide bonds. The Kier molecular flexibility index (Phi) is 16.9. The van der Waals surface area contributed by atoms with Gasteiger partial charge in [-0.2, -0.15) is 0 Å². The van der Waals surface area contributed by atoms with Gasteiger partial charge in [0, 0.05) is 32.3 Å². The first-order chi connectivity index (χ1) is 40.0. The van der Waals surface area contributed by atoms with Crippen LogP contribution >= 0.6 is 46.4 Å². The van der Waals surface area contributed by atoms with Crippen molar-refractivity contribution in [2.75, 3.05) is 0 Å². The summed E-state index contributed by atoms with van der Waals surface area (Å²) < 4.78 is 106. The average molecular weight is 1260 g/mol. The highest BCUT2D eigenvalue weighted by Gasteiger charge is 2.27. The monoisotopic (exact) mass is 1250 g/mol. The molecule has 0 N–H and O–H groups in total. The van der Waals surface area contributed by atoms with Gasteiger partial charge < -0.3 is 18.9 Å². The quantitative estimate of drug-likeness (QED) is 0.0702. The highest BCUT2D eigenvalue weighted by molar-refractivity contribution is 7.92. The molecule has 0 aliphatic carbocycles. The van der Waals surface area contributed by atoms with Crippen LogP contribution in [0.5, 0.6) is 40.2 Å². The van der Waals surface area contributed by atoms with Crippen molar-refractivity contribution < 1.29 is 53.8 Å². The molecule has 12 nitrogen and oxygen atoms in total. The van der Waals surface area contributed by atoms with E-state index in [1.54, 1.807) is 98.8 Å². The second-order valence-corrected chi connectivity index (χ2v) is 26.8. The van der Waals surface area contributed by atoms with E-state index in [9.17, 15) is 34.8 Å². The maximum absolute atomic E-state index is 13.7. The Morgan fingerprint density at radius 3 is 0.833 bits per heavy atom.